The SMILES string of the molecule is COC1C(OP(=O)([O-])OCC2OC(n3cnc4c(=O)[nH]c(N)nc43)C(O)C2O)C(COP(=O)([O-])OP(=O)([O-])OP(=O)([O-])OCC2OC([n+]3cn(C)c4c3NC(N)=NC4)C(O)C2O)OC1n1cnc2c(N)ncnc21. The maximum absolute atomic E-state index is 13.5. The summed E-state index contributed by atoms with van der Waals surface area (Å²) in [7, 11) is -22.0. The molecule has 9 rings (SSSR count). The van der Waals surface area contributed by atoms with Crippen molar-refractivity contribution in [1.29, 1.82) is 0 Å². The molecule has 16 atom stereocenters. The Hall–Kier alpha value is -4.82. The van der Waals surface area contributed by atoms with Crippen LogP contribution in [0.1, 0.15) is 24.4 Å². The fraction of sp³-hybridized carbons (Fsp3) is 0.562. The number of rotatable bonds is 19. The lowest BCUT2D eigenvalue weighted by Crippen LogP contribution is -2.48. The van der Waals surface area contributed by atoms with Gasteiger partial charge in [0.05, 0.1) is 39.5 Å². The number of aliphatic hydroxyl groups is 4. The van der Waals surface area contributed by atoms with E-state index in [4.69, 9.17) is 49.7 Å². The van der Waals surface area contributed by atoms with Gasteiger partial charge in [0, 0.05) is 7.11 Å². The lowest BCUT2D eigenvalue weighted by atomic mass is 10.1. The van der Waals surface area contributed by atoms with Crippen molar-refractivity contribution in [2.45, 2.75) is 80.2 Å². The molecule has 5 aromatic heterocycles. The average molecular weight is 1130 g/mol. The Morgan fingerprint density at radius 2 is 1.35 bits per heavy atom. The van der Waals surface area contributed by atoms with Crippen LogP contribution in [0.2, 0.25) is 0 Å². The summed E-state index contributed by atoms with van der Waals surface area (Å²) in [6.45, 7) is -3.49. The number of aliphatic hydroxyl groups excluding tert-OH is 4. The van der Waals surface area contributed by atoms with Gasteiger partial charge in [-0.25, -0.2) is 43.4 Å². The number of aliphatic imine (C=N–C) groups is 1. The summed E-state index contributed by atoms with van der Waals surface area (Å²) in [5, 5.41) is 45.9. The first-order chi connectivity index (χ1) is 34.8. The molecule has 16 unspecified atom stereocenters. The molecule has 4 aliphatic rings. The summed E-state index contributed by atoms with van der Waals surface area (Å²) in [5.74, 6) is -0.100. The van der Waals surface area contributed by atoms with Crippen molar-refractivity contribution in [2.75, 3.05) is 43.7 Å². The van der Waals surface area contributed by atoms with E-state index in [9.17, 15) is 63.1 Å². The number of aromatic amines is 1. The summed E-state index contributed by atoms with van der Waals surface area (Å²) in [6, 6.07) is 0. The van der Waals surface area contributed by atoms with Gasteiger partial charge in [-0.2, -0.15) is 4.98 Å². The number of phosphoric acid groups is 4. The lowest BCUT2D eigenvalue weighted by molar-refractivity contribution is -0.753. The van der Waals surface area contributed by atoms with Gasteiger partial charge >= 0.3 is 0 Å². The number of anilines is 3. The van der Waals surface area contributed by atoms with Gasteiger partial charge in [-0.15, -0.1) is 0 Å². The van der Waals surface area contributed by atoms with Gasteiger partial charge in [0.1, 0.15) is 73.3 Å². The van der Waals surface area contributed by atoms with Gasteiger partial charge in [-0.3, -0.25) is 41.7 Å². The van der Waals surface area contributed by atoms with E-state index in [0.717, 1.165) is 35.2 Å². The van der Waals surface area contributed by atoms with E-state index in [2.05, 4.69) is 53.4 Å². The molecule has 3 fully saturated rings. The van der Waals surface area contributed by atoms with E-state index in [1.165, 1.54) is 10.9 Å². The summed E-state index contributed by atoms with van der Waals surface area (Å²) in [6.07, 6.45) is -15.8. The second-order valence-electron chi connectivity index (χ2n) is 16.4. The van der Waals surface area contributed by atoms with Crippen LogP contribution in [-0.2, 0) is 77.5 Å². The minimum Gasteiger partial charge on any atom is -0.756 e. The molecule has 9 heterocycles. The van der Waals surface area contributed by atoms with E-state index in [-0.39, 0.29) is 46.6 Å². The molecule has 42 heteroatoms. The Morgan fingerprint density at radius 3 is 2.03 bits per heavy atom. The summed E-state index contributed by atoms with van der Waals surface area (Å²) in [5.41, 5.74) is 16.8. The number of nitrogens with two attached hydrogens (primary N) is 3. The van der Waals surface area contributed by atoms with Crippen LogP contribution in [0.4, 0.5) is 17.6 Å². The van der Waals surface area contributed by atoms with Crippen molar-refractivity contribution in [2.24, 2.45) is 17.8 Å². The second kappa shape index (κ2) is 20.3. The fourth-order valence-corrected chi connectivity index (χ4v) is 12.6. The topological polar surface area (TPSA) is 552 Å². The van der Waals surface area contributed by atoms with Gasteiger partial charge in [-0.1, -0.05) is 0 Å². The molecule has 12 N–H and O–H groups in total. The molecule has 0 saturated carbocycles. The number of ether oxygens (including phenoxy) is 4. The van der Waals surface area contributed by atoms with Crippen LogP contribution < -0.4 is 52.2 Å². The maximum Gasteiger partial charge on any atom is 0.280 e. The number of H-pyrrole nitrogens is 1. The van der Waals surface area contributed by atoms with Crippen LogP contribution in [0.5, 0.6) is 0 Å². The largest absolute Gasteiger partial charge is 0.756 e. The number of hydrogen-bond donors (Lipinski definition) is 9. The number of guanidine groups is 1. The molecule has 38 nitrogen and oxygen atoms in total. The van der Waals surface area contributed by atoms with Gasteiger partial charge in [0.25, 0.3) is 48.6 Å². The first-order valence-corrected chi connectivity index (χ1v) is 26.9. The van der Waals surface area contributed by atoms with Gasteiger partial charge < -0.3 is 94.2 Å². The van der Waals surface area contributed by atoms with Crippen molar-refractivity contribution in [1.82, 2.24) is 43.6 Å². The van der Waals surface area contributed by atoms with E-state index in [1.54, 1.807) is 11.6 Å². The first-order valence-electron chi connectivity index (χ1n) is 21.1. The van der Waals surface area contributed by atoms with Crippen molar-refractivity contribution in [3.05, 3.63) is 41.4 Å². The van der Waals surface area contributed by atoms with Crippen molar-refractivity contribution in [3.63, 3.8) is 0 Å². The molecule has 4 aliphatic heterocycles. The van der Waals surface area contributed by atoms with Crippen LogP contribution in [-0.4, -0.2) is 152 Å². The number of nitrogens with one attached hydrogen (secondary N) is 2. The third-order valence-electron chi connectivity index (χ3n) is 11.6. The average Bonchev–Trinajstić information content (AvgIpc) is 4.17. The van der Waals surface area contributed by atoms with E-state index in [1.807, 2.05) is 0 Å². The molecule has 0 amide bonds. The zero-order chi connectivity index (χ0) is 53.4. The normalized spacial score (nSPS) is 31.4. The molecule has 0 aliphatic carbocycles. The minimum atomic E-state index is -6.55. The Labute approximate surface area is 411 Å². The van der Waals surface area contributed by atoms with Crippen LogP contribution in [0.15, 0.2) is 35.1 Å². The van der Waals surface area contributed by atoms with Crippen molar-refractivity contribution >= 4 is 77.2 Å². The highest BCUT2D eigenvalue weighted by Crippen LogP contribution is 2.63. The maximum atomic E-state index is 13.5. The summed E-state index contributed by atoms with van der Waals surface area (Å²) in [4.78, 5) is 90.4. The Bertz CT molecular complexity index is 3230. The third-order valence-corrected chi connectivity index (χ3v) is 16.7. The van der Waals surface area contributed by atoms with Crippen LogP contribution in [0, 0.1) is 0 Å². The number of methoxy groups -OCH3 is 1. The number of hydrogen-bond acceptors (Lipinski definition) is 33. The highest BCUT2D eigenvalue weighted by Gasteiger charge is 2.51. The first kappa shape index (κ1) is 54.0. The van der Waals surface area contributed by atoms with Crippen LogP contribution in [0.25, 0.3) is 22.3 Å². The number of nitrogens with zero attached hydrogens (tertiary/aromatic N) is 10. The molecular formula is C32H42N15O23P4-3. The number of phosphoric ester groups is 3. The zero-order valence-corrected chi connectivity index (χ0v) is 41.2. The highest BCUT2D eigenvalue weighted by molar-refractivity contribution is 7.65. The Balaban J connectivity index is 0.857. The predicted octanol–water partition coefficient (Wildman–Crippen LogP) is -6.82. The standard InChI is InChI=1S/C32H45N15O23P4/c1-44-10-47(24-11(44)3-36-31(34)41-24)29-20(51)18(49)13(66-29)5-63-72(55,56)69-74(59,60)70-73(57,58)64-6-14-21(22(61-2)30(67-14)45-8-39-15-23(33)37-7-38-25(15)45)68-71(53,54)62-4-12-17(48)19(50)28(65-12)46-9-40-16-26(46)42-32(35)43-27(16)52/h7-10,12-14,17-22,28-30,48-51H,3-6H2,1-2H3,(H11-,33,34,35,36,37,38,41,42,43,52,53,54,55,56,57,58,59,60)/p-3. The Kier molecular flexibility index (Phi) is 14.8. The van der Waals surface area contributed by atoms with Crippen molar-refractivity contribution in [3.8, 4) is 0 Å². The highest BCUT2D eigenvalue weighted by atomic mass is 31.3. The monoisotopic (exact) mass is 1130 g/mol. The van der Waals surface area contributed by atoms with E-state index < -0.39 is 130 Å². The van der Waals surface area contributed by atoms with Gasteiger partial charge in [0.15, 0.2) is 47.1 Å². The number of nitrogen functional groups attached to an aromatic ring is 2. The van der Waals surface area contributed by atoms with E-state index in [0.29, 0.717) is 11.5 Å². The smallest absolute Gasteiger partial charge is 0.280 e. The Morgan fingerprint density at radius 1 is 0.757 bits per heavy atom. The molecule has 3 saturated heterocycles. The molecule has 0 radical (unpaired) electrons. The molecule has 406 valence electrons. The quantitative estimate of drug-likeness (QED) is 0.0274. The predicted molar refractivity (Wildman–Crippen MR) is 229 cm³/mol. The molecule has 5 aromatic rings. The van der Waals surface area contributed by atoms with Gasteiger partial charge in [0.2, 0.25) is 12.2 Å². The van der Waals surface area contributed by atoms with E-state index >= 15 is 0 Å². The number of aromatic nitrogens is 10. The second-order valence-corrected chi connectivity index (χ2v) is 22.3. The molecular weight excluding hydrogens is 1090 g/mol. The van der Waals surface area contributed by atoms with Gasteiger partial charge in [-0.05, 0) is 0 Å². The molecule has 74 heavy (non-hydrogen) atoms. The number of fused-ring (bicyclic) bond motifs is 3. The summed E-state index contributed by atoms with van der Waals surface area (Å²) < 4.78 is 107. The van der Waals surface area contributed by atoms with Crippen molar-refractivity contribution < 1.29 is 108 Å². The fourth-order valence-electron chi connectivity index (χ4n) is 8.27. The third kappa shape index (κ3) is 10.8. The summed E-state index contributed by atoms with van der Waals surface area (Å²) >= 11 is 0. The zero-order valence-electron chi connectivity index (χ0n) is 37.6. The number of aryl methyl sites for hydroxylation is 1. The molecule has 0 aromatic carbocycles. The van der Waals surface area contributed by atoms with Crippen LogP contribution in [0.3, 0.4) is 0 Å². The molecule has 0 bridgehead atoms. The number of imidazole rings is 3. The van der Waals surface area contributed by atoms with Crippen LogP contribution >= 0.6 is 31.3 Å². The minimum absolute atomic E-state index is 0.0193. The lowest BCUT2D eigenvalue weighted by Gasteiger charge is -2.35. The molecule has 0 spiro atoms.